The average molecular weight is 150 g/mol. The highest BCUT2D eigenvalue weighted by molar-refractivity contribution is 5.76. The molecule has 0 saturated carbocycles. The molecule has 0 aromatic carbocycles. The highest BCUT2D eigenvalue weighted by atomic mass is 16.5. The van der Waals surface area contributed by atoms with E-state index in [-0.39, 0.29) is 6.17 Å². The van der Waals surface area contributed by atoms with Gasteiger partial charge in [-0.15, -0.1) is 0 Å². The van der Waals surface area contributed by atoms with Crippen LogP contribution in [-0.2, 0) is 0 Å². The van der Waals surface area contributed by atoms with Gasteiger partial charge >= 0.3 is 0 Å². The molecule has 0 aliphatic heterocycles. The van der Waals surface area contributed by atoms with Crippen LogP contribution in [0.25, 0.3) is 11.0 Å². The third-order valence-corrected chi connectivity index (χ3v) is 1.77. The fourth-order valence-electron chi connectivity index (χ4n) is 1.13. The molecule has 0 fully saturated rings. The summed E-state index contributed by atoms with van der Waals surface area (Å²) in [5, 5.41) is 12.0. The van der Waals surface area contributed by atoms with Gasteiger partial charge in [-0.1, -0.05) is 0 Å². The number of nitrogens with zero attached hydrogens (tertiary/aromatic N) is 1. The van der Waals surface area contributed by atoms with Crippen LogP contribution in [0.15, 0.2) is 24.5 Å². The zero-order valence-corrected chi connectivity index (χ0v) is 6.09. The maximum atomic E-state index is 11.1. The van der Waals surface area contributed by atoms with Gasteiger partial charge < -0.3 is 5.21 Å². The third-order valence-electron chi connectivity index (χ3n) is 1.77. The maximum absolute atomic E-state index is 11.1. The van der Waals surface area contributed by atoms with Crippen molar-refractivity contribution in [1.82, 2.24) is 4.98 Å². The molecule has 0 spiro atoms. The summed E-state index contributed by atoms with van der Waals surface area (Å²) in [5.41, 5.74) is 1.46. The Bertz CT molecular complexity index is 397. The molecule has 0 aliphatic rings. The molecule has 0 unspecified atom stereocenters. The van der Waals surface area contributed by atoms with Crippen LogP contribution in [0.1, 0.15) is 6.93 Å². The molecule has 0 atom stereocenters. The van der Waals surface area contributed by atoms with Gasteiger partial charge in [0.1, 0.15) is 1.37 Å². The van der Waals surface area contributed by atoms with E-state index in [0.717, 1.165) is 15.7 Å². The fourth-order valence-corrected chi connectivity index (χ4v) is 1.13. The van der Waals surface area contributed by atoms with Crippen LogP contribution < -0.4 is 4.73 Å². The Balaban J connectivity index is 2.93. The Morgan fingerprint density at radius 1 is 1.64 bits per heavy atom. The summed E-state index contributed by atoms with van der Waals surface area (Å²) in [7, 11) is 0. The number of aromatic amines is 1. The van der Waals surface area contributed by atoms with E-state index in [1.807, 2.05) is 6.92 Å². The number of H-pyrrole nitrogens is 1. The van der Waals surface area contributed by atoms with Crippen molar-refractivity contribution in [1.29, 1.82) is 0 Å². The molecular formula is C8H8N2O. The zero-order chi connectivity index (χ0) is 8.72. The number of nitrogens with one attached hydrogen (secondary N) is 1. The first-order valence-corrected chi connectivity index (χ1v) is 3.36. The molecule has 0 aliphatic carbocycles. The van der Waals surface area contributed by atoms with Crippen molar-refractivity contribution in [3.8, 4) is 0 Å². The monoisotopic (exact) mass is 150 g/mol. The van der Waals surface area contributed by atoms with Crippen LogP contribution in [-0.4, -0.2) is 4.98 Å². The lowest BCUT2D eigenvalue weighted by atomic mass is 10.2. The third kappa shape index (κ3) is 0.774. The minimum atomic E-state index is 0.268. The summed E-state index contributed by atoms with van der Waals surface area (Å²) in [6.07, 6.45) is 1.71. The van der Waals surface area contributed by atoms with Crippen molar-refractivity contribution >= 4 is 11.0 Å². The Kier molecular flexibility index (Phi) is 0.935. The van der Waals surface area contributed by atoms with E-state index in [1.165, 1.54) is 6.20 Å². The van der Waals surface area contributed by atoms with Crippen LogP contribution in [0.5, 0.6) is 0 Å². The molecule has 2 aromatic heterocycles. The molecule has 2 aromatic rings. The SMILES string of the molecule is [3H]c1cc2c(C)cc[n+]([O-])c2[nH]1. The van der Waals surface area contributed by atoms with E-state index in [9.17, 15) is 5.21 Å². The van der Waals surface area contributed by atoms with Gasteiger partial charge in [0.15, 0.2) is 0 Å². The van der Waals surface area contributed by atoms with Crippen molar-refractivity contribution in [2.45, 2.75) is 6.92 Å². The lowest BCUT2D eigenvalue weighted by Gasteiger charge is -2.02. The molecule has 2 rings (SSSR count). The van der Waals surface area contributed by atoms with Crippen molar-refractivity contribution in [3.63, 3.8) is 0 Å². The van der Waals surface area contributed by atoms with E-state index in [4.69, 9.17) is 1.37 Å². The van der Waals surface area contributed by atoms with E-state index >= 15 is 0 Å². The van der Waals surface area contributed by atoms with Gasteiger partial charge in [-0.25, -0.2) is 9.71 Å². The Morgan fingerprint density at radius 3 is 3.18 bits per heavy atom. The normalized spacial score (nSPS) is 11.9. The topological polar surface area (TPSA) is 42.7 Å². The summed E-state index contributed by atoms with van der Waals surface area (Å²) >= 11 is 0. The van der Waals surface area contributed by atoms with Crippen LogP contribution in [0.2, 0.25) is 0 Å². The second-order valence-corrected chi connectivity index (χ2v) is 2.50. The maximum Gasteiger partial charge on any atom is 0.289 e. The summed E-state index contributed by atoms with van der Waals surface area (Å²) < 4.78 is 8.05. The standard InChI is InChI=1S/C8H8N2O/c1-6-3-5-10(11)8-7(6)2-4-9-8/h2-5,9H,1H3/i4T. The van der Waals surface area contributed by atoms with Gasteiger partial charge in [-0.05, 0) is 24.6 Å². The van der Waals surface area contributed by atoms with Crippen molar-refractivity contribution in [2.24, 2.45) is 0 Å². The van der Waals surface area contributed by atoms with Crippen molar-refractivity contribution < 1.29 is 6.10 Å². The molecule has 56 valence electrons. The second-order valence-electron chi connectivity index (χ2n) is 2.50. The molecule has 2 heterocycles. The highest BCUT2D eigenvalue weighted by Gasteiger charge is 2.04. The molecular weight excluding hydrogens is 140 g/mol. The highest BCUT2D eigenvalue weighted by Crippen LogP contribution is 2.11. The molecule has 0 amide bonds. The quantitative estimate of drug-likeness (QED) is 0.443. The number of pyridine rings is 1. The largest absolute Gasteiger partial charge is 0.711 e. The molecule has 3 nitrogen and oxygen atoms in total. The lowest BCUT2D eigenvalue weighted by molar-refractivity contribution is -0.579. The first kappa shape index (κ1) is 5.18. The van der Waals surface area contributed by atoms with Gasteiger partial charge in [-0.3, -0.25) is 0 Å². The minimum Gasteiger partial charge on any atom is -0.711 e. The predicted octanol–water partition coefficient (Wildman–Crippen LogP) is 1.11. The van der Waals surface area contributed by atoms with Crippen molar-refractivity contribution in [2.75, 3.05) is 0 Å². The van der Waals surface area contributed by atoms with Gasteiger partial charge in [0.25, 0.3) is 5.65 Å². The molecule has 1 N–H and O–H groups in total. The summed E-state index contributed by atoms with van der Waals surface area (Å²) in [6, 6.07) is 3.39. The first-order valence-electron chi connectivity index (χ1n) is 3.86. The predicted molar refractivity (Wildman–Crippen MR) is 42.0 cm³/mol. The van der Waals surface area contributed by atoms with Crippen LogP contribution in [0.4, 0.5) is 0 Å². The van der Waals surface area contributed by atoms with E-state index < -0.39 is 0 Å². The Hall–Kier alpha value is -1.51. The smallest absolute Gasteiger partial charge is 0.289 e. The molecule has 11 heavy (non-hydrogen) atoms. The second kappa shape index (κ2) is 1.99. The number of aromatic nitrogens is 2. The lowest BCUT2D eigenvalue weighted by Crippen LogP contribution is -2.26. The molecule has 0 bridgehead atoms. The number of hydrogen-bond acceptors (Lipinski definition) is 1. The average Bonchev–Trinajstić information content (AvgIpc) is 2.41. The minimum absolute atomic E-state index is 0.268. The van der Waals surface area contributed by atoms with E-state index in [1.54, 1.807) is 12.1 Å². The number of hydrogen-bond donors (Lipinski definition) is 1. The van der Waals surface area contributed by atoms with Gasteiger partial charge in [-0.2, -0.15) is 0 Å². The zero-order valence-electron chi connectivity index (χ0n) is 7.09. The Morgan fingerprint density at radius 2 is 2.45 bits per heavy atom. The summed E-state index contributed by atoms with van der Waals surface area (Å²) in [4.78, 5) is 2.68. The van der Waals surface area contributed by atoms with Crippen LogP contribution in [0.3, 0.4) is 0 Å². The fraction of sp³-hybridized carbons (Fsp3) is 0.125. The number of rotatable bonds is 0. The Labute approximate surface area is 65.3 Å². The number of fused-ring (bicyclic) bond motifs is 1. The van der Waals surface area contributed by atoms with Gasteiger partial charge in [0.2, 0.25) is 0 Å². The molecule has 0 radical (unpaired) electrons. The summed E-state index contributed by atoms with van der Waals surface area (Å²) in [5.74, 6) is 0. The van der Waals surface area contributed by atoms with Gasteiger partial charge in [0.05, 0.1) is 17.8 Å². The van der Waals surface area contributed by atoms with E-state index in [0.29, 0.717) is 5.65 Å². The molecule has 3 heteroatoms. The van der Waals surface area contributed by atoms with Crippen LogP contribution in [0, 0.1) is 12.1 Å². The van der Waals surface area contributed by atoms with Crippen LogP contribution >= 0.6 is 0 Å². The van der Waals surface area contributed by atoms with E-state index in [2.05, 4.69) is 4.98 Å². The number of aryl methyl sites for hydroxylation is 1. The summed E-state index contributed by atoms with van der Waals surface area (Å²) in [6.45, 7) is 1.91. The van der Waals surface area contributed by atoms with Gasteiger partial charge in [0, 0.05) is 0 Å². The first-order chi connectivity index (χ1) is 5.68. The van der Waals surface area contributed by atoms with Crippen molar-refractivity contribution in [3.05, 3.63) is 35.3 Å². The molecule has 0 saturated heterocycles.